The van der Waals surface area contributed by atoms with E-state index in [-0.39, 0.29) is 24.6 Å². The fourth-order valence-electron chi connectivity index (χ4n) is 4.42. The highest BCUT2D eigenvalue weighted by molar-refractivity contribution is 5.77. The molecule has 0 spiro atoms. The lowest BCUT2D eigenvalue weighted by molar-refractivity contribution is 0.184. The van der Waals surface area contributed by atoms with E-state index in [9.17, 15) is 9.59 Å². The Bertz CT molecular complexity index is 1440. The first-order valence-corrected chi connectivity index (χ1v) is 11.3. The average Bonchev–Trinajstić information content (AvgIpc) is 3.23. The van der Waals surface area contributed by atoms with Crippen LogP contribution in [0.2, 0.25) is 0 Å². The van der Waals surface area contributed by atoms with Gasteiger partial charge in [0.2, 0.25) is 5.95 Å². The van der Waals surface area contributed by atoms with Crippen LogP contribution in [0.4, 0.5) is 11.6 Å². The van der Waals surface area contributed by atoms with Gasteiger partial charge in [-0.15, -0.1) is 0 Å². The maximum Gasteiger partial charge on any atom is 0.332 e. The molecule has 1 unspecified atom stereocenters. The van der Waals surface area contributed by atoms with E-state index in [4.69, 9.17) is 14.5 Å². The van der Waals surface area contributed by atoms with Crippen molar-refractivity contribution in [3.05, 3.63) is 75.4 Å². The van der Waals surface area contributed by atoms with Crippen molar-refractivity contribution in [1.29, 1.82) is 0 Å². The summed E-state index contributed by atoms with van der Waals surface area (Å²) in [6.45, 7) is 4.01. The van der Waals surface area contributed by atoms with Crippen LogP contribution in [-0.2, 0) is 24.9 Å². The van der Waals surface area contributed by atoms with Gasteiger partial charge in [-0.25, -0.2) is 4.79 Å². The molecule has 0 saturated carbocycles. The summed E-state index contributed by atoms with van der Waals surface area (Å²) in [5.41, 5.74) is 1.03. The van der Waals surface area contributed by atoms with Gasteiger partial charge < -0.3 is 18.9 Å². The predicted molar refractivity (Wildman–Crippen MR) is 130 cm³/mol. The molecule has 0 fully saturated rings. The van der Waals surface area contributed by atoms with Gasteiger partial charge in [0.25, 0.3) is 5.56 Å². The van der Waals surface area contributed by atoms with Crippen LogP contribution in [0.1, 0.15) is 6.92 Å². The number of aromatic nitrogens is 4. The van der Waals surface area contributed by atoms with Crippen molar-refractivity contribution in [2.45, 2.75) is 20.0 Å². The van der Waals surface area contributed by atoms with Gasteiger partial charge in [0.05, 0.1) is 13.2 Å². The molecule has 5 rings (SSSR count). The molecule has 2 aromatic heterocycles. The second-order valence-electron chi connectivity index (χ2n) is 8.61. The van der Waals surface area contributed by atoms with Crippen LogP contribution in [-0.4, -0.2) is 38.9 Å². The van der Waals surface area contributed by atoms with Gasteiger partial charge in [0.1, 0.15) is 11.5 Å². The summed E-state index contributed by atoms with van der Waals surface area (Å²) in [6, 6.07) is 17.4. The van der Waals surface area contributed by atoms with Crippen LogP contribution in [0.15, 0.2) is 64.2 Å². The van der Waals surface area contributed by atoms with E-state index < -0.39 is 5.69 Å². The Labute approximate surface area is 196 Å². The number of aryl methyl sites for hydroxylation is 1. The zero-order valence-electron chi connectivity index (χ0n) is 19.5. The molecule has 0 saturated heterocycles. The zero-order valence-corrected chi connectivity index (χ0v) is 19.5. The van der Waals surface area contributed by atoms with Gasteiger partial charge in [-0.05, 0) is 42.3 Å². The standard InChI is InChI=1S/C25H27N5O4/c1-17-15-29(18-9-11-20(12-10-18)34-19-7-5-4-6-8-19)24-26-22-21(30(24)16-17)23(31)28(13-14-33-3)25(32)27(22)2/h4-12,17H,13-16H2,1-3H3. The average molecular weight is 462 g/mol. The van der Waals surface area contributed by atoms with Crippen molar-refractivity contribution in [2.24, 2.45) is 13.0 Å². The van der Waals surface area contributed by atoms with Crippen molar-refractivity contribution < 1.29 is 9.47 Å². The second-order valence-corrected chi connectivity index (χ2v) is 8.61. The Hall–Kier alpha value is -3.85. The molecule has 1 atom stereocenters. The molecule has 9 nitrogen and oxygen atoms in total. The molecule has 3 heterocycles. The van der Waals surface area contributed by atoms with Crippen LogP contribution in [0.3, 0.4) is 0 Å². The zero-order chi connectivity index (χ0) is 23.8. The maximum absolute atomic E-state index is 13.3. The molecular formula is C25H27N5O4. The Morgan fingerprint density at radius 1 is 1.00 bits per heavy atom. The molecule has 9 heteroatoms. The molecule has 1 aliphatic heterocycles. The largest absolute Gasteiger partial charge is 0.457 e. The number of anilines is 2. The summed E-state index contributed by atoms with van der Waals surface area (Å²) < 4.78 is 15.6. The van der Waals surface area contributed by atoms with Gasteiger partial charge >= 0.3 is 5.69 Å². The third kappa shape index (κ3) is 3.77. The van der Waals surface area contributed by atoms with E-state index in [1.165, 1.54) is 9.13 Å². The highest BCUT2D eigenvalue weighted by Gasteiger charge is 2.29. The van der Waals surface area contributed by atoms with Crippen LogP contribution < -0.4 is 20.9 Å². The summed E-state index contributed by atoms with van der Waals surface area (Å²) in [5.74, 6) is 2.43. The summed E-state index contributed by atoms with van der Waals surface area (Å²) >= 11 is 0. The van der Waals surface area contributed by atoms with E-state index in [2.05, 4.69) is 11.8 Å². The molecule has 1 aliphatic rings. The Balaban J connectivity index is 1.56. The highest BCUT2D eigenvalue weighted by atomic mass is 16.5. The van der Waals surface area contributed by atoms with Crippen LogP contribution in [0.5, 0.6) is 11.5 Å². The predicted octanol–water partition coefficient (Wildman–Crippen LogP) is 3.12. The monoisotopic (exact) mass is 461 g/mol. The molecule has 2 aromatic carbocycles. The molecule has 0 N–H and O–H groups in total. The molecular weight excluding hydrogens is 434 g/mol. The first-order chi connectivity index (χ1) is 16.5. The molecule has 0 amide bonds. The topological polar surface area (TPSA) is 83.5 Å². The minimum absolute atomic E-state index is 0.195. The molecule has 34 heavy (non-hydrogen) atoms. The number of rotatable bonds is 6. The van der Waals surface area contributed by atoms with Crippen LogP contribution >= 0.6 is 0 Å². The van der Waals surface area contributed by atoms with Gasteiger partial charge in [0.15, 0.2) is 11.2 Å². The van der Waals surface area contributed by atoms with E-state index in [1.807, 2.05) is 59.2 Å². The number of fused-ring (bicyclic) bond motifs is 3. The number of ether oxygens (including phenoxy) is 2. The van der Waals surface area contributed by atoms with E-state index >= 15 is 0 Å². The lowest BCUT2D eigenvalue weighted by Crippen LogP contribution is -2.41. The second kappa shape index (κ2) is 8.83. The Morgan fingerprint density at radius 3 is 2.41 bits per heavy atom. The Kier molecular flexibility index (Phi) is 5.70. The van der Waals surface area contributed by atoms with Crippen molar-refractivity contribution in [3.63, 3.8) is 0 Å². The van der Waals surface area contributed by atoms with Gasteiger partial charge in [-0.2, -0.15) is 4.98 Å². The summed E-state index contributed by atoms with van der Waals surface area (Å²) in [6.07, 6.45) is 0. The summed E-state index contributed by atoms with van der Waals surface area (Å²) in [5, 5.41) is 0. The SMILES string of the molecule is COCCn1c(=O)c2c(nc3n2CC(C)CN3c2ccc(Oc3ccccc3)cc2)n(C)c1=O. The van der Waals surface area contributed by atoms with Crippen LogP contribution in [0, 0.1) is 5.92 Å². The number of hydrogen-bond acceptors (Lipinski definition) is 6. The smallest absolute Gasteiger partial charge is 0.332 e. The molecule has 176 valence electrons. The maximum atomic E-state index is 13.3. The third-order valence-electron chi connectivity index (χ3n) is 6.09. The van der Waals surface area contributed by atoms with Crippen molar-refractivity contribution in [1.82, 2.24) is 18.7 Å². The minimum atomic E-state index is -0.396. The van der Waals surface area contributed by atoms with E-state index in [1.54, 1.807) is 14.2 Å². The summed E-state index contributed by atoms with van der Waals surface area (Å²) in [7, 11) is 3.19. The highest BCUT2D eigenvalue weighted by Crippen LogP contribution is 2.34. The van der Waals surface area contributed by atoms with Crippen molar-refractivity contribution in [2.75, 3.05) is 25.2 Å². The minimum Gasteiger partial charge on any atom is -0.457 e. The third-order valence-corrected chi connectivity index (χ3v) is 6.09. The fraction of sp³-hybridized carbons (Fsp3) is 0.320. The quantitative estimate of drug-likeness (QED) is 0.439. The van der Waals surface area contributed by atoms with Crippen LogP contribution in [0.25, 0.3) is 11.2 Å². The molecule has 4 aromatic rings. The van der Waals surface area contributed by atoms with E-state index in [0.29, 0.717) is 23.7 Å². The molecule has 0 bridgehead atoms. The number of benzene rings is 2. The van der Waals surface area contributed by atoms with Gasteiger partial charge in [0, 0.05) is 32.9 Å². The number of imidazole rings is 1. The van der Waals surface area contributed by atoms with Crippen molar-refractivity contribution >= 4 is 22.8 Å². The molecule has 0 radical (unpaired) electrons. The number of nitrogens with zero attached hydrogens (tertiary/aromatic N) is 5. The first-order valence-electron chi connectivity index (χ1n) is 11.3. The lowest BCUT2D eigenvalue weighted by Gasteiger charge is -2.33. The number of hydrogen-bond donors (Lipinski definition) is 0. The van der Waals surface area contributed by atoms with Gasteiger partial charge in [-0.3, -0.25) is 13.9 Å². The first kappa shape index (κ1) is 22.0. The van der Waals surface area contributed by atoms with E-state index in [0.717, 1.165) is 23.7 Å². The lowest BCUT2D eigenvalue weighted by atomic mass is 10.1. The van der Waals surface area contributed by atoms with Gasteiger partial charge in [-0.1, -0.05) is 25.1 Å². The Morgan fingerprint density at radius 2 is 1.71 bits per heavy atom. The number of para-hydroxylation sites is 1. The van der Waals surface area contributed by atoms with Crippen molar-refractivity contribution in [3.8, 4) is 11.5 Å². The normalized spacial score (nSPS) is 15.5. The number of methoxy groups -OCH3 is 1. The fourth-order valence-corrected chi connectivity index (χ4v) is 4.42. The summed E-state index contributed by atoms with van der Waals surface area (Å²) in [4.78, 5) is 33.0. The molecule has 0 aliphatic carbocycles.